The van der Waals surface area contributed by atoms with Gasteiger partial charge >= 0.3 is 0 Å². The second-order valence-corrected chi connectivity index (χ2v) is 5.68. The summed E-state index contributed by atoms with van der Waals surface area (Å²) in [6.45, 7) is 3.72. The van der Waals surface area contributed by atoms with Crippen molar-refractivity contribution >= 4 is 22.4 Å². The van der Waals surface area contributed by atoms with Gasteiger partial charge in [-0.3, -0.25) is 4.90 Å². The molecule has 0 saturated heterocycles. The van der Waals surface area contributed by atoms with Crippen molar-refractivity contribution in [2.75, 3.05) is 7.05 Å². The molecule has 0 N–H and O–H groups in total. The van der Waals surface area contributed by atoms with E-state index in [4.69, 9.17) is 4.63 Å². The number of aryl methyl sites for hydroxylation is 1. The summed E-state index contributed by atoms with van der Waals surface area (Å²) in [6, 6.07) is 5.99. The Labute approximate surface area is 114 Å². The average Bonchev–Trinajstić information content (AvgIpc) is 2.97. The molecule has 0 fully saturated rings. The molecule has 0 amide bonds. The Kier molecular flexibility index (Phi) is 3.27. The van der Waals surface area contributed by atoms with E-state index in [0.717, 1.165) is 34.8 Å². The molecule has 3 aromatic rings. The molecule has 0 atom stereocenters. The second-order valence-electron chi connectivity index (χ2n) is 4.62. The van der Waals surface area contributed by atoms with E-state index >= 15 is 0 Å². The van der Waals surface area contributed by atoms with Gasteiger partial charge < -0.3 is 0 Å². The van der Waals surface area contributed by atoms with Gasteiger partial charge in [0.1, 0.15) is 11.0 Å². The average molecular weight is 274 g/mol. The van der Waals surface area contributed by atoms with E-state index in [0.29, 0.717) is 0 Å². The molecule has 98 valence electrons. The minimum Gasteiger partial charge on any atom is -0.296 e. The number of hydrogen-bond donors (Lipinski definition) is 0. The Morgan fingerprint density at radius 3 is 2.84 bits per heavy atom. The number of hydrogen-bond acceptors (Lipinski definition) is 6. The number of fused-ring (bicyclic) bond motifs is 1. The van der Waals surface area contributed by atoms with Crippen molar-refractivity contribution in [1.82, 2.24) is 20.2 Å². The highest BCUT2D eigenvalue weighted by atomic mass is 32.1. The van der Waals surface area contributed by atoms with Gasteiger partial charge in [0.15, 0.2) is 0 Å². The molecular weight excluding hydrogens is 260 g/mol. The fourth-order valence-corrected chi connectivity index (χ4v) is 2.65. The fraction of sp³-hybridized carbons (Fsp3) is 0.308. The molecule has 0 bridgehead atoms. The third kappa shape index (κ3) is 2.80. The fourth-order valence-electron chi connectivity index (χ4n) is 2.05. The number of thiazole rings is 1. The third-order valence-electron chi connectivity index (χ3n) is 2.87. The van der Waals surface area contributed by atoms with Crippen molar-refractivity contribution in [3.63, 3.8) is 0 Å². The lowest BCUT2D eigenvalue weighted by Gasteiger charge is -2.15. The molecular formula is C13H14N4OS. The lowest BCUT2D eigenvalue weighted by atomic mass is 10.2. The monoisotopic (exact) mass is 274 g/mol. The zero-order valence-electron chi connectivity index (χ0n) is 10.8. The van der Waals surface area contributed by atoms with Crippen LogP contribution in [0.25, 0.3) is 11.0 Å². The maximum Gasteiger partial charge on any atom is 0.135 e. The Bertz CT molecular complexity index is 691. The van der Waals surface area contributed by atoms with Crippen LogP contribution >= 0.6 is 11.3 Å². The van der Waals surface area contributed by atoms with E-state index in [1.165, 1.54) is 5.56 Å². The van der Waals surface area contributed by atoms with Gasteiger partial charge in [0.2, 0.25) is 0 Å². The molecule has 0 radical (unpaired) electrons. The molecule has 6 heteroatoms. The number of nitrogens with zero attached hydrogens (tertiary/aromatic N) is 4. The summed E-state index contributed by atoms with van der Waals surface area (Å²) in [5, 5.41) is 10.9. The molecule has 5 nitrogen and oxygen atoms in total. The maximum atomic E-state index is 4.70. The van der Waals surface area contributed by atoms with Gasteiger partial charge in [-0.05, 0) is 42.0 Å². The molecule has 2 heterocycles. The zero-order chi connectivity index (χ0) is 13.2. The van der Waals surface area contributed by atoms with Crippen molar-refractivity contribution in [1.29, 1.82) is 0 Å². The minimum absolute atomic E-state index is 0.793. The Hall–Kier alpha value is -1.79. The van der Waals surface area contributed by atoms with Crippen LogP contribution in [0, 0.1) is 6.92 Å². The summed E-state index contributed by atoms with van der Waals surface area (Å²) in [7, 11) is 2.08. The predicted molar refractivity (Wildman–Crippen MR) is 73.8 cm³/mol. The lowest BCUT2D eigenvalue weighted by Crippen LogP contribution is -2.17. The first-order chi connectivity index (χ1) is 9.20. The van der Waals surface area contributed by atoms with Crippen LogP contribution < -0.4 is 0 Å². The van der Waals surface area contributed by atoms with Crippen LogP contribution in [0.5, 0.6) is 0 Å². The summed E-state index contributed by atoms with van der Waals surface area (Å²) in [6.07, 6.45) is 0. The minimum atomic E-state index is 0.793. The van der Waals surface area contributed by atoms with Crippen molar-refractivity contribution < 1.29 is 4.63 Å². The molecule has 0 unspecified atom stereocenters. The standard InChI is InChI=1S/C13H14N4OS/c1-9-14-11(8-19-9)7-17(2)6-10-3-4-12-13(5-10)16-18-15-12/h3-5,8H,6-7H2,1-2H3. The van der Waals surface area contributed by atoms with Crippen LogP contribution in [0.3, 0.4) is 0 Å². The van der Waals surface area contributed by atoms with Crippen LogP contribution in [0.15, 0.2) is 28.2 Å². The SMILES string of the molecule is Cc1nc(CN(C)Cc2ccc3nonc3c2)cs1. The normalized spacial score (nSPS) is 11.5. The van der Waals surface area contributed by atoms with Gasteiger partial charge in [0.05, 0.1) is 10.7 Å². The van der Waals surface area contributed by atoms with E-state index in [9.17, 15) is 0 Å². The van der Waals surface area contributed by atoms with E-state index in [1.807, 2.05) is 19.1 Å². The highest BCUT2D eigenvalue weighted by molar-refractivity contribution is 7.09. The summed E-state index contributed by atoms with van der Waals surface area (Å²) < 4.78 is 4.70. The Morgan fingerprint density at radius 1 is 1.21 bits per heavy atom. The Morgan fingerprint density at radius 2 is 2.05 bits per heavy atom. The third-order valence-corrected chi connectivity index (χ3v) is 3.69. The highest BCUT2D eigenvalue weighted by Crippen LogP contribution is 2.15. The van der Waals surface area contributed by atoms with Crippen LogP contribution in [0.4, 0.5) is 0 Å². The number of benzene rings is 1. The van der Waals surface area contributed by atoms with Gasteiger partial charge in [-0.2, -0.15) is 0 Å². The number of aromatic nitrogens is 3. The van der Waals surface area contributed by atoms with Crippen molar-refractivity contribution in [3.8, 4) is 0 Å². The molecule has 1 aromatic carbocycles. The first-order valence-corrected chi connectivity index (χ1v) is 6.89. The van der Waals surface area contributed by atoms with E-state index in [-0.39, 0.29) is 0 Å². The van der Waals surface area contributed by atoms with Crippen molar-refractivity contribution in [2.45, 2.75) is 20.0 Å². The first-order valence-electron chi connectivity index (χ1n) is 6.01. The molecule has 0 aliphatic carbocycles. The number of rotatable bonds is 4. The summed E-state index contributed by atoms with van der Waals surface area (Å²) >= 11 is 1.69. The quantitative estimate of drug-likeness (QED) is 0.732. The smallest absolute Gasteiger partial charge is 0.135 e. The van der Waals surface area contributed by atoms with Gasteiger partial charge in [0, 0.05) is 18.5 Å². The molecule has 0 aliphatic heterocycles. The summed E-state index contributed by atoms with van der Waals surface area (Å²) in [5.74, 6) is 0. The van der Waals surface area contributed by atoms with Gasteiger partial charge in [-0.1, -0.05) is 6.07 Å². The molecule has 0 saturated carbocycles. The van der Waals surface area contributed by atoms with Gasteiger partial charge in [-0.25, -0.2) is 9.61 Å². The van der Waals surface area contributed by atoms with Crippen LogP contribution in [-0.2, 0) is 13.1 Å². The summed E-state index contributed by atoms with van der Waals surface area (Å²) in [5.41, 5.74) is 3.91. The van der Waals surface area contributed by atoms with Crippen molar-refractivity contribution in [3.05, 3.63) is 39.8 Å². The van der Waals surface area contributed by atoms with Crippen LogP contribution in [0.1, 0.15) is 16.3 Å². The zero-order valence-corrected chi connectivity index (χ0v) is 11.6. The maximum absolute atomic E-state index is 4.70. The molecule has 3 rings (SSSR count). The topological polar surface area (TPSA) is 55.1 Å². The van der Waals surface area contributed by atoms with Gasteiger partial charge in [0.25, 0.3) is 0 Å². The van der Waals surface area contributed by atoms with Gasteiger partial charge in [-0.15, -0.1) is 11.3 Å². The molecule has 0 aliphatic rings. The lowest BCUT2D eigenvalue weighted by molar-refractivity contribution is 0.314. The first kappa shape index (κ1) is 12.3. The van der Waals surface area contributed by atoms with Crippen LogP contribution in [0.2, 0.25) is 0 Å². The molecule has 0 spiro atoms. The van der Waals surface area contributed by atoms with Crippen molar-refractivity contribution in [2.24, 2.45) is 0 Å². The Balaban J connectivity index is 1.69. The second kappa shape index (κ2) is 5.07. The predicted octanol–water partition coefficient (Wildman–Crippen LogP) is 2.62. The molecule has 19 heavy (non-hydrogen) atoms. The highest BCUT2D eigenvalue weighted by Gasteiger charge is 2.06. The van der Waals surface area contributed by atoms with E-state index in [1.54, 1.807) is 11.3 Å². The van der Waals surface area contributed by atoms with E-state index < -0.39 is 0 Å². The molecule has 2 aromatic heterocycles. The largest absolute Gasteiger partial charge is 0.296 e. The summed E-state index contributed by atoms with van der Waals surface area (Å²) in [4.78, 5) is 6.70. The van der Waals surface area contributed by atoms with E-state index in [2.05, 4.69) is 38.7 Å². The van der Waals surface area contributed by atoms with Crippen LogP contribution in [-0.4, -0.2) is 27.2 Å².